The maximum Gasteiger partial charge on any atom is 0.333 e. The first-order valence-corrected chi connectivity index (χ1v) is 5.53. The van der Waals surface area contributed by atoms with Crippen LogP contribution in [-0.4, -0.2) is 22.3 Å². The van der Waals surface area contributed by atoms with E-state index in [4.69, 9.17) is 16.7 Å². The van der Waals surface area contributed by atoms with Gasteiger partial charge in [0, 0.05) is 10.4 Å². The molecule has 0 radical (unpaired) electrons. The average Bonchev–Trinajstić information content (AvgIpc) is 2.97. The fraction of sp³-hybridized carbons (Fsp3) is 0.417. The van der Waals surface area contributed by atoms with Gasteiger partial charge in [0.1, 0.15) is 0 Å². The van der Waals surface area contributed by atoms with Gasteiger partial charge in [0.15, 0.2) is 6.10 Å². The molecule has 86 valence electrons. The van der Waals surface area contributed by atoms with Crippen molar-refractivity contribution >= 4 is 17.6 Å². The van der Waals surface area contributed by atoms with Gasteiger partial charge in [-0.1, -0.05) is 23.7 Å². The highest BCUT2D eigenvalue weighted by Gasteiger charge is 2.55. The Kier molecular flexibility index (Phi) is 2.68. The van der Waals surface area contributed by atoms with Crippen molar-refractivity contribution in [3.05, 3.63) is 34.3 Å². The number of aryl methyl sites for hydroxylation is 1. The van der Waals surface area contributed by atoms with Gasteiger partial charge >= 0.3 is 5.97 Å². The second-order valence-electron chi connectivity index (χ2n) is 4.33. The van der Waals surface area contributed by atoms with Crippen LogP contribution in [0, 0.1) is 6.92 Å². The Hall–Kier alpha value is -1.06. The van der Waals surface area contributed by atoms with Crippen LogP contribution < -0.4 is 0 Å². The van der Waals surface area contributed by atoms with Gasteiger partial charge in [0.2, 0.25) is 0 Å². The van der Waals surface area contributed by atoms with Gasteiger partial charge in [0.25, 0.3) is 0 Å². The van der Waals surface area contributed by atoms with E-state index in [1.807, 2.05) is 19.1 Å². The Balaban J connectivity index is 2.48. The van der Waals surface area contributed by atoms with Crippen LogP contribution in [0.25, 0.3) is 0 Å². The van der Waals surface area contributed by atoms with E-state index in [1.54, 1.807) is 6.07 Å². The summed E-state index contributed by atoms with van der Waals surface area (Å²) in [7, 11) is 0. The molecule has 1 aliphatic rings. The number of hydrogen-bond donors (Lipinski definition) is 2. The van der Waals surface area contributed by atoms with Gasteiger partial charge in [-0.3, -0.25) is 0 Å². The number of rotatable bonds is 3. The zero-order valence-corrected chi connectivity index (χ0v) is 9.66. The molecule has 16 heavy (non-hydrogen) atoms. The van der Waals surface area contributed by atoms with Crippen molar-refractivity contribution in [2.24, 2.45) is 0 Å². The first kappa shape index (κ1) is 11.4. The molecule has 1 unspecified atom stereocenters. The standard InChI is InChI=1S/C12H13ClO3/c1-7-3-2-4-8(13)9(7)12(5-6-12)10(14)11(15)16/h2-4,10,14H,5-6H2,1H3,(H,15,16). The Bertz CT molecular complexity index is 418. The second kappa shape index (κ2) is 3.75. The van der Waals surface area contributed by atoms with E-state index in [9.17, 15) is 9.90 Å². The quantitative estimate of drug-likeness (QED) is 0.851. The van der Waals surface area contributed by atoms with Crippen LogP contribution in [0.1, 0.15) is 24.0 Å². The summed E-state index contributed by atoms with van der Waals surface area (Å²) in [6, 6.07) is 5.44. The predicted molar refractivity (Wildman–Crippen MR) is 60.7 cm³/mol. The van der Waals surface area contributed by atoms with Crippen LogP contribution >= 0.6 is 11.6 Å². The summed E-state index contributed by atoms with van der Waals surface area (Å²) in [5.74, 6) is -1.18. The van der Waals surface area contributed by atoms with Crippen molar-refractivity contribution in [1.82, 2.24) is 0 Å². The largest absolute Gasteiger partial charge is 0.479 e. The summed E-state index contributed by atoms with van der Waals surface area (Å²) in [5.41, 5.74) is 1.05. The van der Waals surface area contributed by atoms with Crippen molar-refractivity contribution in [1.29, 1.82) is 0 Å². The SMILES string of the molecule is Cc1cccc(Cl)c1C1(C(O)C(=O)O)CC1. The molecule has 1 saturated carbocycles. The Morgan fingerprint density at radius 2 is 2.12 bits per heavy atom. The Morgan fingerprint density at radius 3 is 2.56 bits per heavy atom. The molecule has 1 fully saturated rings. The van der Waals surface area contributed by atoms with Gasteiger partial charge in [-0.2, -0.15) is 0 Å². The van der Waals surface area contributed by atoms with E-state index in [0.717, 1.165) is 11.1 Å². The lowest BCUT2D eigenvalue weighted by molar-refractivity contribution is -0.148. The molecule has 0 aliphatic heterocycles. The number of benzene rings is 1. The molecule has 3 nitrogen and oxygen atoms in total. The topological polar surface area (TPSA) is 57.5 Å². The number of aliphatic hydroxyl groups is 1. The minimum absolute atomic E-state index is 0.540. The summed E-state index contributed by atoms with van der Waals surface area (Å²) in [6.07, 6.45) is -0.0260. The van der Waals surface area contributed by atoms with Crippen molar-refractivity contribution < 1.29 is 15.0 Å². The fourth-order valence-corrected chi connectivity index (χ4v) is 2.70. The van der Waals surface area contributed by atoms with Crippen molar-refractivity contribution in [2.75, 3.05) is 0 Å². The molecule has 0 heterocycles. The van der Waals surface area contributed by atoms with E-state index < -0.39 is 17.5 Å². The van der Waals surface area contributed by atoms with Crippen molar-refractivity contribution in [3.63, 3.8) is 0 Å². The molecule has 0 aromatic heterocycles. The zero-order valence-electron chi connectivity index (χ0n) is 8.90. The average molecular weight is 241 g/mol. The number of aliphatic carboxylic acids is 1. The summed E-state index contributed by atoms with van der Waals surface area (Å²) in [4.78, 5) is 10.9. The lowest BCUT2D eigenvalue weighted by atomic mass is 9.87. The van der Waals surface area contributed by atoms with E-state index in [2.05, 4.69) is 0 Å². The number of carboxylic acids is 1. The molecular formula is C12H13ClO3. The van der Waals surface area contributed by atoms with Crippen LogP contribution in [-0.2, 0) is 10.2 Å². The summed E-state index contributed by atoms with van der Waals surface area (Å²) < 4.78 is 0. The summed E-state index contributed by atoms with van der Waals surface area (Å²) in [6.45, 7) is 1.88. The van der Waals surface area contributed by atoms with Crippen LogP contribution in [0.2, 0.25) is 5.02 Å². The first-order valence-electron chi connectivity index (χ1n) is 5.15. The second-order valence-corrected chi connectivity index (χ2v) is 4.74. The van der Waals surface area contributed by atoms with E-state index in [1.165, 1.54) is 0 Å². The van der Waals surface area contributed by atoms with Gasteiger partial charge in [-0.05, 0) is 37.0 Å². The molecule has 4 heteroatoms. The van der Waals surface area contributed by atoms with E-state index >= 15 is 0 Å². The number of hydrogen-bond acceptors (Lipinski definition) is 2. The molecule has 1 atom stereocenters. The third-order valence-electron chi connectivity index (χ3n) is 3.27. The lowest BCUT2D eigenvalue weighted by Crippen LogP contribution is -2.34. The molecule has 2 rings (SSSR count). The molecule has 0 amide bonds. The maximum absolute atomic E-state index is 10.9. The highest BCUT2D eigenvalue weighted by molar-refractivity contribution is 6.31. The van der Waals surface area contributed by atoms with Gasteiger partial charge in [-0.25, -0.2) is 4.79 Å². The first-order chi connectivity index (χ1) is 7.49. The zero-order chi connectivity index (χ0) is 11.9. The normalized spacial score (nSPS) is 19.2. The molecule has 1 aromatic rings. The van der Waals surface area contributed by atoms with Crippen LogP contribution in [0.5, 0.6) is 0 Å². The van der Waals surface area contributed by atoms with Crippen LogP contribution in [0.3, 0.4) is 0 Å². The number of carboxylic acid groups (broad SMARTS) is 1. The molecular weight excluding hydrogens is 228 g/mol. The minimum atomic E-state index is -1.37. The monoisotopic (exact) mass is 240 g/mol. The smallest absolute Gasteiger partial charge is 0.333 e. The lowest BCUT2D eigenvalue weighted by Gasteiger charge is -2.22. The van der Waals surface area contributed by atoms with Crippen LogP contribution in [0.15, 0.2) is 18.2 Å². The third-order valence-corrected chi connectivity index (χ3v) is 3.58. The molecule has 1 aliphatic carbocycles. The molecule has 0 saturated heterocycles. The number of halogens is 1. The number of aliphatic hydroxyl groups excluding tert-OH is 1. The predicted octanol–water partition coefficient (Wildman–Crippen LogP) is 2.13. The van der Waals surface area contributed by atoms with Crippen molar-refractivity contribution in [2.45, 2.75) is 31.3 Å². The summed E-state index contributed by atoms with van der Waals surface area (Å²) in [5, 5.41) is 19.2. The van der Waals surface area contributed by atoms with Gasteiger partial charge < -0.3 is 10.2 Å². The Labute approximate surface area is 98.7 Å². The number of carbonyl (C=O) groups is 1. The third kappa shape index (κ3) is 1.60. The maximum atomic E-state index is 10.9. The van der Waals surface area contributed by atoms with E-state index in [0.29, 0.717) is 17.9 Å². The fourth-order valence-electron chi connectivity index (χ4n) is 2.29. The molecule has 0 bridgehead atoms. The summed E-state index contributed by atoms with van der Waals surface area (Å²) >= 11 is 6.10. The molecule has 2 N–H and O–H groups in total. The highest BCUT2D eigenvalue weighted by atomic mass is 35.5. The highest BCUT2D eigenvalue weighted by Crippen LogP contribution is 2.54. The Morgan fingerprint density at radius 1 is 1.50 bits per heavy atom. The van der Waals surface area contributed by atoms with E-state index in [-0.39, 0.29) is 0 Å². The molecule has 0 spiro atoms. The van der Waals surface area contributed by atoms with Gasteiger partial charge in [0.05, 0.1) is 0 Å². The van der Waals surface area contributed by atoms with Crippen LogP contribution in [0.4, 0.5) is 0 Å². The van der Waals surface area contributed by atoms with Crippen molar-refractivity contribution in [3.8, 4) is 0 Å². The molecule has 1 aromatic carbocycles. The van der Waals surface area contributed by atoms with Gasteiger partial charge in [-0.15, -0.1) is 0 Å². The minimum Gasteiger partial charge on any atom is -0.479 e.